The molecule has 2 aromatic rings. The first-order valence-corrected chi connectivity index (χ1v) is 7.31. The van der Waals surface area contributed by atoms with Crippen LogP contribution in [0.25, 0.3) is 0 Å². The highest BCUT2D eigenvalue weighted by Crippen LogP contribution is 2.37. The molecule has 0 aliphatic heterocycles. The largest absolute Gasteiger partial charge is 0.497 e. The molecule has 2 amide bonds. The van der Waals surface area contributed by atoms with Gasteiger partial charge in [0.25, 0.3) is 0 Å². The lowest BCUT2D eigenvalue weighted by atomic mass is 10.1. The van der Waals surface area contributed by atoms with Gasteiger partial charge in [0.2, 0.25) is 0 Å². The van der Waals surface area contributed by atoms with Crippen LogP contribution in [0.1, 0.15) is 23.6 Å². The maximum absolute atomic E-state index is 11.1. The van der Waals surface area contributed by atoms with E-state index in [-0.39, 0.29) is 0 Å². The van der Waals surface area contributed by atoms with E-state index in [1.807, 2.05) is 36.4 Å². The van der Waals surface area contributed by atoms with Crippen molar-refractivity contribution in [1.29, 1.82) is 0 Å². The number of urea groups is 1. The zero-order valence-electron chi connectivity index (χ0n) is 12.7. The lowest BCUT2D eigenvalue weighted by Crippen LogP contribution is -2.35. The quantitative estimate of drug-likeness (QED) is 0.670. The summed E-state index contributed by atoms with van der Waals surface area (Å²) in [5.41, 5.74) is 7.06. The molecule has 3 N–H and O–H groups in total. The number of benzene rings is 2. The summed E-state index contributed by atoms with van der Waals surface area (Å²) in [4.78, 5) is 11.1. The van der Waals surface area contributed by atoms with Crippen molar-refractivity contribution in [1.82, 2.24) is 5.06 Å². The normalized spacial score (nSPS) is 15.8. The Morgan fingerprint density at radius 2 is 1.96 bits per heavy atom. The van der Waals surface area contributed by atoms with Crippen molar-refractivity contribution in [2.75, 3.05) is 7.11 Å². The molecule has 6 heteroatoms. The van der Waals surface area contributed by atoms with Crippen LogP contribution in [0.15, 0.2) is 42.5 Å². The molecule has 0 saturated carbocycles. The first-order chi connectivity index (χ1) is 11.1. The Hall–Kier alpha value is -2.73. The van der Waals surface area contributed by atoms with Crippen LogP contribution < -0.4 is 15.2 Å². The molecule has 0 saturated heterocycles. The van der Waals surface area contributed by atoms with E-state index < -0.39 is 12.1 Å². The molecule has 1 unspecified atom stereocenters. The number of fused-ring (bicyclic) bond motifs is 1. The Morgan fingerprint density at radius 1 is 1.22 bits per heavy atom. The minimum atomic E-state index is -0.848. The fraction of sp³-hybridized carbons (Fsp3) is 0.235. The summed E-state index contributed by atoms with van der Waals surface area (Å²) in [5.74, 6) is 2.10. The number of methoxy groups -OCH3 is 1. The number of hydrogen-bond donors (Lipinski definition) is 2. The summed E-state index contributed by atoms with van der Waals surface area (Å²) in [6.45, 7) is 0. The number of rotatable bonds is 4. The van der Waals surface area contributed by atoms with Gasteiger partial charge in [0.05, 0.1) is 13.2 Å². The molecule has 2 aromatic carbocycles. The second kappa shape index (κ2) is 6.18. The molecule has 0 bridgehead atoms. The van der Waals surface area contributed by atoms with E-state index in [0.717, 1.165) is 23.3 Å². The van der Waals surface area contributed by atoms with Crippen LogP contribution in [-0.4, -0.2) is 23.4 Å². The average molecular weight is 314 g/mol. The van der Waals surface area contributed by atoms with Gasteiger partial charge in [-0.05, 0) is 48.2 Å². The highest BCUT2D eigenvalue weighted by molar-refractivity contribution is 5.71. The smallest absolute Gasteiger partial charge is 0.339 e. The van der Waals surface area contributed by atoms with Crippen molar-refractivity contribution in [2.24, 2.45) is 5.73 Å². The van der Waals surface area contributed by atoms with Crippen molar-refractivity contribution >= 4 is 6.03 Å². The molecule has 1 aliphatic carbocycles. The molecular formula is C17H18N2O4. The van der Waals surface area contributed by atoms with Gasteiger partial charge in [-0.15, -0.1) is 0 Å². The van der Waals surface area contributed by atoms with Gasteiger partial charge < -0.3 is 15.2 Å². The van der Waals surface area contributed by atoms with E-state index in [1.54, 1.807) is 13.2 Å². The summed E-state index contributed by atoms with van der Waals surface area (Å²) < 4.78 is 11.0. The van der Waals surface area contributed by atoms with Crippen molar-refractivity contribution in [2.45, 2.75) is 18.9 Å². The minimum absolute atomic E-state index is 0.395. The molecule has 0 aromatic heterocycles. The van der Waals surface area contributed by atoms with Crippen molar-refractivity contribution in [3.8, 4) is 17.2 Å². The van der Waals surface area contributed by atoms with Gasteiger partial charge >= 0.3 is 6.03 Å². The van der Waals surface area contributed by atoms with Crippen molar-refractivity contribution < 1.29 is 19.5 Å². The summed E-state index contributed by atoms with van der Waals surface area (Å²) >= 11 is 0. The van der Waals surface area contributed by atoms with Gasteiger partial charge in [-0.25, -0.2) is 4.79 Å². The number of ether oxygens (including phenoxy) is 2. The topological polar surface area (TPSA) is 85.0 Å². The molecule has 0 fully saturated rings. The molecule has 23 heavy (non-hydrogen) atoms. The highest BCUT2D eigenvalue weighted by atomic mass is 16.5. The predicted octanol–water partition coefficient (Wildman–Crippen LogP) is 3.24. The Bertz CT molecular complexity index is 732. The van der Waals surface area contributed by atoms with Crippen LogP contribution in [0.3, 0.4) is 0 Å². The van der Waals surface area contributed by atoms with Gasteiger partial charge in [-0.2, -0.15) is 5.06 Å². The Kier molecular flexibility index (Phi) is 4.08. The number of carbonyl (C=O) groups is 1. The zero-order chi connectivity index (χ0) is 16.4. The molecule has 6 nitrogen and oxygen atoms in total. The minimum Gasteiger partial charge on any atom is -0.497 e. The van der Waals surface area contributed by atoms with Crippen LogP contribution in [-0.2, 0) is 6.42 Å². The Morgan fingerprint density at radius 3 is 2.70 bits per heavy atom. The molecule has 0 spiro atoms. The van der Waals surface area contributed by atoms with Crippen LogP contribution in [0.2, 0.25) is 0 Å². The average Bonchev–Trinajstić information content (AvgIpc) is 2.97. The van der Waals surface area contributed by atoms with Crippen LogP contribution in [0.5, 0.6) is 17.2 Å². The summed E-state index contributed by atoms with van der Waals surface area (Å²) in [6, 6.07) is 11.7. The molecule has 0 heterocycles. The molecule has 120 valence electrons. The number of primary amides is 1. The molecular weight excluding hydrogens is 296 g/mol. The third kappa shape index (κ3) is 3.07. The summed E-state index contributed by atoms with van der Waals surface area (Å²) in [6.07, 6.45) is 1.39. The lowest BCUT2D eigenvalue weighted by molar-refractivity contribution is -0.0757. The number of hydrogen-bond acceptors (Lipinski definition) is 4. The van der Waals surface area contributed by atoms with Gasteiger partial charge in [-0.3, -0.25) is 5.21 Å². The molecule has 1 aliphatic rings. The van der Waals surface area contributed by atoms with E-state index in [2.05, 4.69) is 0 Å². The third-order valence-corrected chi connectivity index (χ3v) is 3.96. The Labute approximate surface area is 134 Å². The lowest BCUT2D eigenvalue weighted by Gasteiger charge is -2.20. The van der Waals surface area contributed by atoms with Crippen molar-refractivity contribution in [3.63, 3.8) is 0 Å². The number of aryl methyl sites for hydroxylation is 1. The summed E-state index contributed by atoms with van der Waals surface area (Å²) in [5, 5.41) is 10.3. The van der Waals surface area contributed by atoms with Crippen molar-refractivity contribution in [3.05, 3.63) is 53.6 Å². The van der Waals surface area contributed by atoms with E-state index in [0.29, 0.717) is 23.0 Å². The molecule has 1 atom stereocenters. The number of nitrogens with zero attached hydrogens (tertiary/aromatic N) is 1. The first kappa shape index (κ1) is 15.2. The van der Waals surface area contributed by atoms with Gasteiger partial charge in [0.1, 0.15) is 17.2 Å². The summed E-state index contributed by atoms with van der Waals surface area (Å²) in [7, 11) is 1.61. The number of carbonyl (C=O) groups excluding carboxylic acids is 1. The second-order valence-electron chi connectivity index (χ2n) is 5.38. The van der Waals surface area contributed by atoms with E-state index in [9.17, 15) is 10.0 Å². The molecule has 3 rings (SSSR count). The number of hydroxylamine groups is 2. The number of amides is 2. The fourth-order valence-electron chi connectivity index (χ4n) is 2.84. The Balaban J connectivity index is 1.81. The SMILES string of the molecule is COc1cccc(Oc2ccc3c(c2)CCC3N(O)C(N)=O)c1. The fourth-order valence-corrected chi connectivity index (χ4v) is 2.84. The maximum Gasteiger partial charge on any atom is 0.339 e. The first-order valence-electron chi connectivity index (χ1n) is 7.31. The number of nitrogens with two attached hydrogens (primary N) is 1. The van der Waals surface area contributed by atoms with Gasteiger partial charge in [0, 0.05) is 6.07 Å². The predicted molar refractivity (Wildman–Crippen MR) is 83.8 cm³/mol. The van der Waals surface area contributed by atoms with E-state index >= 15 is 0 Å². The van der Waals surface area contributed by atoms with E-state index in [1.165, 1.54) is 0 Å². The highest BCUT2D eigenvalue weighted by Gasteiger charge is 2.29. The van der Waals surface area contributed by atoms with Gasteiger partial charge in [-0.1, -0.05) is 12.1 Å². The van der Waals surface area contributed by atoms with Crippen LogP contribution in [0, 0.1) is 0 Å². The maximum atomic E-state index is 11.1. The van der Waals surface area contributed by atoms with Crippen LogP contribution in [0.4, 0.5) is 4.79 Å². The van der Waals surface area contributed by atoms with Crippen LogP contribution >= 0.6 is 0 Å². The zero-order valence-corrected chi connectivity index (χ0v) is 12.7. The monoisotopic (exact) mass is 314 g/mol. The van der Waals surface area contributed by atoms with E-state index in [4.69, 9.17) is 15.2 Å². The molecule has 0 radical (unpaired) electrons. The standard InChI is InChI=1S/C17H18N2O4/c1-22-12-3-2-4-13(10-12)23-14-6-7-15-11(9-14)5-8-16(15)19(21)17(18)20/h2-4,6-7,9-10,16,21H,5,8H2,1H3,(H2,18,20). The third-order valence-electron chi connectivity index (χ3n) is 3.96. The second-order valence-corrected chi connectivity index (χ2v) is 5.38. The van der Waals surface area contributed by atoms with Gasteiger partial charge in [0.15, 0.2) is 0 Å².